The maximum atomic E-state index is 9.60. The van der Waals surface area contributed by atoms with Crippen LogP contribution in [0.1, 0.15) is 58.1 Å². The number of hydrogen-bond acceptors (Lipinski definition) is 2. The van der Waals surface area contributed by atoms with Crippen LogP contribution >= 0.6 is 0 Å². The molecule has 1 atom stereocenters. The summed E-state index contributed by atoms with van der Waals surface area (Å²) in [7, 11) is 0. The maximum Gasteiger partial charge on any atom is 0.0626 e. The lowest BCUT2D eigenvalue weighted by Gasteiger charge is -2.37. The Bertz CT molecular complexity index is 401. The van der Waals surface area contributed by atoms with Crippen LogP contribution in [0.5, 0.6) is 0 Å². The second kappa shape index (κ2) is 7.42. The Morgan fingerprint density at radius 3 is 2.24 bits per heavy atom. The predicted octanol–water partition coefficient (Wildman–Crippen LogP) is 4.16. The van der Waals surface area contributed by atoms with Crippen molar-refractivity contribution in [2.75, 3.05) is 13.2 Å². The summed E-state index contributed by atoms with van der Waals surface area (Å²) in [6, 6.07) is 10.3. The Kier molecular flexibility index (Phi) is 5.83. The minimum absolute atomic E-state index is 0.0755. The number of nitrogens with one attached hydrogen (secondary N) is 1. The normalized spacial score (nSPS) is 24.8. The number of rotatable bonds is 5. The molecule has 1 saturated carbocycles. The molecule has 1 fully saturated rings. The molecule has 0 aliphatic heterocycles. The van der Waals surface area contributed by atoms with Gasteiger partial charge in [0.15, 0.2) is 0 Å². The molecule has 2 rings (SSSR count). The highest BCUT2D eigenvalue weighted by Gasteiger charge is 2.29. The van der Waals surface area contributed by atoms with Crippen molar-refractivity contribution in [3.63, 3.8) is 0 Å². The van der Waals surface area contributed by atoms with Crippen LogP contribution in [-0.2, 0) is 0 Å². The molecule has 0 saturated heterocycles. The quantitative estimate of drug-likeness (QED) is 0.853. The Hall–Kier alpha value is -0.860. The molecule has 118 valence electrons. The second-order valence-electron chi connectivity index (χ2n) is 7.64. The average molecular weight is 289 g/mol. The van der Waals surface area contributed by atoms with E-state index in [1.54, 1.807) is 0 Å². The van der Waals surface area contributed by atoms with Crippen LogP contribution in [0.4, 0.5) is 0 Å². The van der Waals surface area contributed by atoms with Gasteiger partial charge in [0.1, 0.15) is 0 Å². The molecule has 0 radical (unpaired) electrons. The standard InChI is InChI=1S/C19H31NO/c1-19(2,3)17-11-9-15(10-12-17)13-20-18(14-21)16-7-5-4-6-8-16/h4-8,15,17-18,20-21H,9-14H2,1-3H3. The molecule has 0 heterocycles. The maximum absolute atomic E-state index is 9.60. The monoisotopic (exact) mass is 289 g/mol. The third-order valence-corrected chi connectivity index (χ3v) is 5.11. The van der Waals surface area contributed by atoms with Crippen LogP contribution in [0.15, 0.2) is 30.3 Å². The molecule has 1 aromatic carbocycles. The third-order valence-electron chi connectivity index (χ3n) is 5.11. The van der Waals surface area contributed by atoms with E-state index >= 15 is 0 Å². The van der Waals surface area contributed by atoms with Crippen molar-refractivity contribution < 1.29 is 5.11 Å². The van der Waals surface area contributed by atoms with Gasteiger partial charge in [0, 0.05) is 0 Å². The summed E-state index contributed by atoms with van der Waals surface area (Å²) in [4.78, 5) is 0. The number of hydrogen-bond donors (Lipinski definition) is 2. The summed E-state index contributed by atoms with van der Waals surface area (Å²) < 4.78 is 0. The summed E-state index contributed by atoms with van der Waals surface area (Å²) in [6.07, 6.45) is 5.35. The van der Waals surface area contributed by atoms with Crippen molar-refractivity contribution in [3.05, 3.63) is 35.9 Å². The Morgan fingerprint density at radius 1 is 1.10 bits per heavy atom. The molecule has 0 spiro atoms. The molecule has 2 heteroatoms. The van der Waals surface area contributed by atoms with E-state index in [-0.39, 0.29) is 12.6 Å². The fourth-order valence-corrected chi connectivity index (χ4v) is 3.51. The van der Waals surface area contributed by atoms with E-state index in [1.807, 2.05) is 18.2 Å². The molecule has 0 bridgehead atoms. The van der Waals surface area contributed by atoms with Gasteiger partial charge < -0.3 is 10.4 Å². The summed E-state index contributed by atoms with van der Waals surface area (Å²) >= 11 is 0. The van der Waals surface area contributed by atoms with E-state index < -0.39 is 0 Å². The zero-order valence-corrected chi connectivity index (χ0v) is 13.8. The molecule has 0 aromatic heterocycles. The van der Waals surface area contributed by atoms with Crippen LogP contribution in [0.3, 0.4) is 0 Å². The van der Waals surface area contributed by atoms with E-state index in [2.05, 4.69) is 38.2 Å². The fourth-order valence-electron chi connectivity index (χ4n) is 3.51. The van der Waals surface area contributed by atoms with Gasteiger partial charge in [-0.15, -0.1) is 0 Å². The van der Waals surface area contributed by atoms with E-state index in [4.69, 9.17) is 0 Å². The second-order valence-corrected chi connectivity index (χ2v) is 7.64. The Labute approximate surface area is 130 Å². The first kappa shape index (κ1) is 16.5. The lowest BCUT2D eigenvalue weighted by Crippen LogP contribution is -2.33. The van der Waals surface area contributed by atoms with Crippen LogP contribution in [-0.4, -0.2) is 18.3 Å². The van der Waals surface area contributed by atoms with Crippen LogP contribution in [0, 0.1) is 17.3 Å². The minimum atomic E-state index is 0.0755. The summed E-state index contributed by atoms with van der Waals surface area (Å²) in [6.45, 7) is 8.30. The number of aliphatic hydroxyl groups excluding tert-OH is 1. The molecule has 2 nitrogen and oxygen atoms in total. The zero-order chi connectivity index (χ0) is 15.3. The molecular formula is C19H31NO. The highest BCUT2D eigenvalue weighted by Crippen LogP contribution is 2.39. The van der Waals surface area contributed by atoms with Crippen molar-refractivity contribution >= 4 is 0 Å². The van der Waals surface area contributed by atoms with Gasteiger partial charge in [-0.1, -0.05) is 51.1 Å². The molecule has 1 aromatic rings. The van der Waals surface area contributed by atoms with Crippen LogP contribution in [0.2, 0.25) is 0 Å². The van der Waals surface area contributed by atoms with Crippen molar-refractivity contribution in [2.45, 2.75) is 52.5 Å². The lowest BCUT2D eigenvalue weighted by molar-refractivity contribution is 0.145. The first-order chi connectivity index (χ1) is 10.0. The first-order valence-corrected chi connectivity index (χ1v) is 8.40. The van der Waals surface area contributed by atoms with Gasteiger partial charge in [0.05, 0.1) is 12.6 Å². The van der Waals surface area contributed by atoms with E-state index in [9.17, 15) is 5.11 Å². The molecule has 1 unspecified atom stereocenters. The van der Waals surface area contributed by atoms with Crippen molar-refractivity contribution in [3.8, 4) is 0 Å². The third kappa shape index (κ3) is 4.82. The topological polar surface area (TPSA) is 32.3 Å². The molecule has 0 amide bonds. The van der Waals surface area contributed by atoms with Crippen molar-refractivity contribution in [2.24, 2.45) is 17.3 Å². The van der Waals surface area contributed by atoms with Crippen LogP contribution < -0.4 is 5.32 Å². The summed E-state index contributed by atoms with van der Waals surface area (Å²) in [5.41, 5.74) is 1.64. The van der Waals surface area contributed by atoms with Gasteiger partial charge in [0.2, 0.25) is 0 Å². The molecule has 21 heavy (non-hydrogen) atoms. The lowest BCUT2D eigenvalue weighted by atomic mass is 9.70. The fraction of sp³-hybridized carbons (Fsp3) is 0.684. The minimum Gasteiger partial charge on any atom is -0.394 e. The smallest absolute Gasteiger partial charge is 0.0626 e. The molecular weight excluding hydrogens is 258 g/mol. The highest BCUT2D eigenvalue weighted by molar-refractivity contribution is 5.18. The van der Waals surface area contributed by atoms with Gasteiger partial charge in [-0.05, 0) is 55.0 Å². The molecule has 1 aliphatic rings. The average Bonchev–Trinajstić information content (AvgIpc) is 2.48. The molecule has 2 N–H and O–H groups in total. The molecule has 1 aliphatic carbocycles. The van der Waals surface area contributed by atoms with E-state index in [0.29, 0.717) is 5.41 Å². The van der Waals surface area contributed by atoms with Gasteiger partial charge in [-0.3, -0.25) is 0 Å². The van der Waals surface area contributed by atoms with E-state index in [1.165, 1.54) is 31.2 Å². The first-order valence-electron chi connectivity index (χ1n) is 8.40. The summed E-state index contributed by atoms with van der Waals surface area (Å²) in [5.74, 6) is 1.64. The van der Waals surface area contributed by atoms with Gasteiger partial charge in [-0.2, -0.15) is 0 Å². The Morgan fingerprint density at radius 2 is 1.71 bits per heavy atom. The van der Waals surface area contributed by atoms with Crippen molar-refractivity contribution in [1.82, 2.24) is 5.32 Å². The van der Waals surface area contributed by atoms with Gasteiger partial charge in [0.25, 0.3) is 0 Å². The van der Waals surface area contributed by atoms with Crippen LogP contribution in [0.25, 0.3) is 0 Å². The zero-order valence-electron chi connectivity index (χ0n) is 13.8. The van der Waals surface area contributed by atoms with Gasteiger partial charge in [-0.25, -0.2) is 0 Å². The number of benzene rings is 1. The summed E-state index contributed by atoms with van der Waals surface area (Å²) in [5, 5.41) is 13.2. The van der Waals surface area contributed by atoms with Crippen molar-refractivity contribution in [1.29, 1.82) is 0 Å². The van der Waals surface area contributed by atoms with E-state index in [0.717, 1.165) is 18.4 Å². The van der Waals surface area contributed by atoms with Gasteiger partial charge >= 0.3 is 0 Å². The predicted molar refractivity (Wildman–Crippen MR) is 89.2 cm³/mol. The largest absolute Gasteiger partial charge is 0.394 e. The highest BCUT2D eigenvalue weighted by atomic mass is 16.3. The number of aliphatic hydroxyl groups is 1. The SMILES string of the molecule is CC(C)(C)C1CCC(CNC(CO)c2ccccc2)CC1. The Balaban J connectivity index is 1.79.